The van der Waals surface area contributed by atoms with Crippen LogP contribution in [0.15, 0.2) is 0 Å². The molecule has 0 aromatic heterocycles. The number of aliphatic hydroxyl groups excluding tert-OH is 2. The van der Waals surface area contributed by atoms with Crippen LogP contribution >= 0.6 is 0 Å². The Hall–Kier alpha value is -0.120. The zero-order chi connectivity index (χ0) is 7.40. The molecule has 1 aliphatic rings. The van der Waals surface area contributed by atoms with Crippen LogP contribution < -0.4 is 5.32 Å². The van der Waals surface area contributed by atoms with Gasteiger partial charge in [-0.05, 0) is 18.8 Å². The fraction of sp³-hybridized carbons (Fsp3) is 1.00. The van der Waals surface area contributed by atoms with Crippen LogP contribution in [0.25, 0.3) is 0 Å². The summed E-state index contributed by atoms with van der Waals surface area (Å²) < 4.78 is 0. The van der Waals surface area contributed by atoms with Crippen molar-refractivity contribution in [1.82, 2.24) is 5.32 Å². The molecule has 60 valence electrons. The zero-order valence-electron chi connectivity index (χ0n) is 6.08. The lowest BCUT2D eigenvalue weighted by Gasteiger charge is -2.13. The monoisotopic (exact) mass is 145 g/mol. The minimum absolute atomic E-state index is 0.0171. The molecule has 10 heavy (non-hydrogen) atoms. The Balaban J connectivity index is 2.14. The third kappa shape index (κ3) is 1.94. The van der Waals surface area contributed by atoms with E-state index in [1.807, 2.05) is 0 Å². The maximum absolute atomic E-state index is 9.29. The molecule has 2 unspecified atom stereocenters. The largest absolute Gasteiger partial charge is 0.393 e. The van der Waals surface area contributed by atoms with Crippen molar-refractivity contribution in [3.63, 3.8) is 0 Å². The van der Waals surface area contributed by atoms with Crippen LogP contribution in [-0.4, -0.2) is 29.6 Å². The Morgan fingerprint density at radius 3 is 2.70 bits per heavy atom. The second-order valence-corrected chi connectivity index (χ2v) is 2.87. The van der Waals surface area contributed by atoms with Crippen molar-refractivity contribution in [3.05, 3.63) is 0 Å². The topological polar surface area (TPSA) is 52.5 Å². The van der Waals surface area contributed by atoms with Crippen LogP contribution in [0.3, 0.4) is 0 Å². The summed E-state index contributed by atoms with van der Waals surface area (Å²) >= 11 is 0. The van der Waals surface area contributed by atoms with Crippen LogP contribution in [-0.2, 0) is 0 Å². The van der Waals surface area contributed by atoms with Gasteiger partial charge in [0, 0.05) is 6.54 Å². The molecular weight excluding hydrogens is 130 g/mol. The maximum Gasteiger partial charge on any atom is 0.0931 e. The van der Waals surface area contributed by atoms with Crippen LogP contribution in [0.2, 0.25) is 0 Å². The van der Waals surface area contributed by atoms with E-state index in [1.165, 1.54) is 0 Å². The molecule has 1 fully saturated rings. The Kier molecular flexibility index (Phi) is 3.12. The minimum atomic E-state index is -0.140. The molecule has 1 aliphatic carbocycles. The highest BCUT2D eigenvalue weighted by atomic mass is 16.3. The molecule has 0 aromatic rings. The lowest BCUT2D eigenvalue weighted by Crippen LogP contribution is -2.28. The summed E-state index contributed by atoms with van der Waals surface area (Å²) in [7, 11) is 0. The average Bonchev–Trinajstić information content (AvgIpc) is 2.31. The quantitative estimate of drug-likeness (QED) is 0.477. The van der Waals surface area contributed by atoms with Gasteiger partial charge >= 0.3 is 0 Å². The predicted octanol–water partition coefficient (Wildman–Crippen LogP) is -0.313. The zero-order valence-corrected chi connectivity index (χ0v) is 6.08. The summed E-state index contributed by atoms with van der Waals surface area (Å²) in [6.07, 6.45) is 3.00. The number of aliphatic hydroxyl groups is 2. The second-order valence-electron chi connectivity index (χ2n) is 2.87. The standard InChI is InChI=1S/C7H15NO2/c9-5-8-4-6-2-1-3-7(6)10/h6-10H,1-5H2. The molecule has 2 atom stereocenters. The van der Waals surface area contributed by atoms with Crippen LogP contribution in [0.1, 0.15) is 19.3 Å². The smallest absolute Gasteiger partial charge is 0.0931 e. The molecule has 0 bridgehead atoms. The van der Waals surface area contributed by atoms with Crippen LogP contribution in [0.5, 0.6) is 0 Å². The number of hydrogen-bond acceptors (Lipinski definition) is 3. The first-order valence-electron chi connectivity index (χ1n) is 3.84. The Morgan fingerprint density at radius 1 is 1.40 bits per heavy atom. The molecule has 0 saturated heterocycles. The van der Waals surface area contributed by atoms with Gasteiger partial charge in [0.1, 0.15) is 0 Å². The Labute approximate surface area is 61.1 Å². The summed E-state index contributed by atoms with van der Waals surface area (Å²) in [5, 5.41) is 20.5. The highest BCUT2D eigenvalue weighted by molar-refractivity contribution is 4.77. The summed E-state index contributed by atoms with van der Waals surface area (Å²) in [6.45, 7) is 0.765. The van der Waals surface area contributed by atoms with Crippen molar-refractivity contribution in [2.24, 2.45) is 5.92 Å². The first kappa shape index (κ1) is 7.98. The van der Waals surface area contributed by atoms with Gasteiger partial charge in [-0.15, -0.1) is 0 Å². The summed E-state index contributed by atoms with van der Waals surface area (Å²) in [4.78, 5) is 0. The van der Waals surface area contributed by atoms with E-state index >= 15 is 0 Å². The Morgan fingerprint density at radius 2 is 2.20 bits per heavy atom. The van der Waals surface area contributed by atoms with E-state index in [2.05, 4.69) is 5.32 Å². The molecule has 0 aromatic carbocycles. The van der Waals surface area contributed by atoms with E-state index in [0.29, 0.717) is 5.92 Å². The van der Waals surface area contributed by atoms with Gasteiger partial charge in [-0.25, -0.2) is 0 Å². The average molecular weight is 145 g/mol. The van der Waals surface area contributed by atoms with Crippen molar-refractivity contribution in [2.45, 2.75) is 25.4 Å². The number of nitrogens with one attached hydrogen (secondary N) is 1. The number of hydrogen-bond donors (Lipinski definition) is 3. The van der Waals surface area contributed by atoms with Gasteiger partial charge in [-0.2, -0.15) is 0 Å². The third-order valence-corrected chi connectivity index (χ3v) is 2.14. The summed E-state index contributed by atoms with van der Waals surface area (Å²) in [5.41, 5.74) is 0. The van der Waals surface area contributed by atoms with Gasteiger partial charge in [-0.1, -0.05) is 6.42 Å². The van der Waals surface area contributed by atoms with E-state index in [9.17, 15) is 5.11 Å². The molecule has 0 radical (unpaired) electrons. The second kappa shape index (κ2) is 3.91. The van der Waals surface area contributed by atoms with E-state index in [-0.39, 0.29) is 12.8 Å². The normalized spacial score (nSPS) is 33.0. The van der Waals surface area contributed by atoms with Gasteiger partial charge in [0.15, 0.2) is 0 Å². The molecule has 0 spiro atoms. The van der Waals surface area contributed by atoms with Gasteiger partial charge < -0.3 is 10.2 Å². The van der Waals surface area contributed by atoms with E-state index in [4.69, 9.17) is 5.11 Å². The molecule has 1 saturated carbocycles. The molecule has 0 aliphatic heterocycles. The first-order chi connectivity index (χ1) is 4.84. The minimum Gasteiger partial charge on any atom is -0.393 e. The SMILES string of the molecule is OCNCC1CCCC1O. The molecule has 0 heterocycles. The summed E-state index contributed by atoms with van der Waals surface area (Å²) in [5.74, 6) is 0.368. The van der Waals surface area contributed by atoms with Crippen molar-refractivity contribution in [2.75, 3.05) is 13.3 Å². The van der Waals surface area contributed by atoms with Crippen LogP contribution in [0.4, 0.5) is 0 Å². The van der Waals surface area contributed by atoms with Crippen molar-refractivity contribution in [3.8, 4) is 0 Å². The Bertz CT molecular complexity index is 97.6. The fourth-order valence-electron chi connectivity index (χ4n) is 1.51. The third-order valence-electron chi connectivity index (χ3n) is 2.14. The predicted molar refractivity (Wildman–Crippen MR) is 38.4 cm³/mol. The molecule has 3 heteroatoms. The van der Waals surface area contributed by atoms with Gasteiger partial charge in [0.2, 0.25) is 0 Å². The molecule has 3 N–H and O–H groups in total. The molecule has 1 rings (SSSR count). The maximum atomic E-state index is 9.29. The van der Waals surface area contributed by atoms with Crippen molar-refractivity contribution >= 4 is 0 Å². The van der Waals surface area contributed by atoms with E-state index < -0.39 is 0 Å². The lowest BCUT2D eigenvalue weighted by molar-refractivity contribution is 0.125. The van der Waals surface area contributed by atoms with Gasteiger partial charge in [0.05, 0.1) is 12.8 Å². The van der Waals surface area contributed by atoms with Gasteiger partial charge in [0.25, 0.3) is 0 Å². The van der Waals surface area contributed by atoms with Crippen molar-refractivity contribution < 1.29 is 10.2 Å². The fourth-order valence-corrected chi connectivity index (χ4v) is 1.51. The lowest BCUT2D eigenvalue weighted by atomic mass is 10.1. The molecule has 0 amide bonds. The molecule has 3 nitrogen and oxygen atoms in total. The van der Waals surface area contributed by atoms with Crippen LogP contribution in [0, 0.1) is 5.92 Å². The highest BCUT2D eigenvalue weighted by Crippen LogP contribution is 2.24. The molecular formula is C7H15NO2. The van der Waals surface area contributed by atoms with Crippen molar-refractivity contribution in [1.29, 1.82) is 0 Å². The van der Waals surface area contributed by atoms with E-state index in [0.717, 1.165) is 25.8 Å². The van der Waals surface area contributed by atoms with Gasteiger partial charge in [-0.3, -0.25) is 5.32 Å². The van der Waals surface area contributed by atoms with E-state index in [1.54, 1.807) is 0 Å². The highest BCUT2D eigenvalue weighted by Gasteiger charge is 2.24. The summed E-state index contributed by atoms with van der Waals surface area (Å²) in [6, 6.07) is 0. The first-order valence-corrected chi connectivity index (χ1v) is 3.84. The number of rotatable bonds is 3.